The smallest absolute Gasteiger partial charge is 0.225 e. The molecule has 0 fully saturated rings. The first kappa shape index (κ1) is 10.6. The molecule has 0 amide bonds. The fourth-order valence-corrected chi connectivity index (χ4v) is 0.865. The molecule has 1 aromatic heterocycles. The average Bonchev–Trinajstić information content (AvgIpc) is 2.15. The summed E-state index contributed by atoms with van der Waals surface area (Å²) in [6, 6.07) is 0. The van der Waals surface area contributed by atoms with E-state index in [1.54, 1.807) is 0 Å². The number of anilines is 1. The van der Waals surface area contributed by atoms with Gasteiger partial charge >= 0.3 is 0 Å². The van der Waals surface area contributed by atoms with Gasteiger partial charge in [-0.15, -0.1) is 0 Å². The van der Waals surface area contributed by atoms with Crippen LogP contribution in [0.1, 0.15) is 31.1 Å². The number of hydrogen-bond donors (Lipinski definition) is 0. The van der Waals surface area contributed by atoms with Crippen LogP contribution in [0.5, 0.6) is 0 Å². The van der Waals surface area contributed by atoms with E-state index in [0.717, 1.165) is 6.29 Å². The van der Waals surface area contributed by atoms with Gasteiger partial charge in [0.15, 0.2) is 6.29 Å². The van der Waals surface area contributed by atoms with Crippen molar-refractivity contribution < 1.29 is 4.79 Å². The lowest BCUT2D eigenvalue weighted by atomic mass is 10.1. The number of hydrogen-bond acceptors (Lipinski definition) is 4. The van der Waals surface area contributed by atoms with Crippen LogP contribution in [0.4, 0.5) is 5.95 Å². The summed E-state index contributed by atoms with van der Waals surface area (Å²) in [4.78, 5) is 20.5. The molecule has 1 rings (SSSR count). The lowest BCUT2D eigenvalue weighted by Gasteiger charge is -2.31. The largest absolute Gasteiger partial charge is 0.339 e. The topological polar surface area (TPSA) is 46.1 Å². The van der Waals surface area contributed by atoms with Crippen molar-refractivity contribution >= 4 is 12.2 Å². The Kier molecular flexibility index (Phi) is 2.84. The Hall–Kier alpha value is -1.45. The van der Waals surface area contributed by atoms with Crippen LogP contribution in [0.25, 0.3) is 0 Å². The third kappa shape index (κ3) is 2.28. The van der Waals surface area contributed by atoms with E-state index in [1.165, 1.54) is 12.4 Å². The van der Waals surface area contributed by atoms with E-state index in [2.05, 4.69) is 30.7 Å². The first-order valence-corrected chi connectivity index (χ1v) is 4.46. The number of nitrogens with zero attached hydrogens (tertiary/aromatic N) is 3. The highest BCUT2D eigenvalue weighted by atomic mass is 16.1. The highest BCUT2D eigenvalue weighted by molar-refractivity contribution is 5.73. The molecule has 0 aromatic carbocycles. The van der Waals surface area contributed by atoms with E-state index in [9.17, 15) is 4.79 Å². The third-order valence-electron chi connectivity index (χ3n) is 2.10. The molecule has 0 aliphatic heterocycles. The Morgan fingerprint density at radius 3 is 2.14 bits per heavy atom. The van der Waals surface area contributed by atoms with Gasteiger partial charge in [0.1, 0.15) is 0 Å². The first-order chi connectivity index (χ1) is 6.45. The second-order valence-electron chi connectivity index (χ2n) is 4.16. The van der Waals surface area contributed by atoms with Crippen molar-refractivity contribution in [3.05, 3.63) is 18.0 Å². The van der Waals surface area contributed by atoms with Crippen molar-refractivity contribution in [3.8, 4) is 0 Å². The summed E-state index contributed by atoms with van der Waals surface area (Å²) in [6.45, 7) is 6.22. The SMILES string of the molecule is CN(c1ncc(C=O)cn1)C(C)(C)C. The van der Waals surface area contributed by atoms with Crippen LogP contribution < -0.4 is 4.90 Å². The van der Waals surface area contributed by atoms with Crippen LogP contribution in [0, 0.1) is 0 Å². The Balaban J connectivity index is 2.92. The molecule has 0 bridgehead atoms. The summed E-state index contributed by atoms with van der Waals surface area (Å²) in [7, 11) is 1.93. The van der Waals surface area contributed by atoms with E-state index in [0.29, 0.717) is 11.5 Å². The Morgan fingerprint density at radius 2 is 1.79 bits per heavy atom. The van der Waals surface area contributed by atoms with Crippen LogP contribution in [-0.2, 0) is 0 Å². The number of rotatable bonds is 2. The molecule has 0 atom stereocenters. The summed E-state index contributed by atoms with van der Waals surface area (Å²) >= 11 is 0. The van der Waals surface area contributed by atoms with Gasteiger partial charge in [-0.3, -0.25) is 4.79 Å². The van der Waals surface area contributed by atoms with Crippen LogP contribution in [0.2, 0.25) is 0 Å². The van der Waals surface area contributed by atoms with Gasteiger partial charge in [0, 0.05) is 25.0 Å². The number of aromatic nitrogens is 2. The molecule has 4 heteroatoms. The highest BCUT2D eigenvalue weighted by Crippen LogP contribution is 2.16. The maximum Gasteiger partial charge on any atom is 0.225 e. The predicted octanol–water partition coefficient (Wildman–Crippen LogP) is 1.52. The minimum atomic E-state index is -0.0251. The predicted molar refractivity (Wildman–Crippen MR) is 55.6 cm³/mol. The minimum absolute atomic E-state index is 0.0251. The summed E-state index contributed by atoms with van der Waals surface area (Å²) < 4.78 is 0. The van der Waals surface area contributed by atoms with Gasteiger partial charge in [0.2, 0.25) is 5.95 Å². The van der Waals surface area contributed by atoms with E-state index in [-0.39, 0.29) is 5.54 Å². The molecule has 0 saturated carbocycles. The highest BCUT2D eigenvalue weighted by Gasteiger charge is 2.19. The molecular weight excluding hydrogens is 178 g/mol. The molecule has 0 radical (unpaired) electrons. The van der Waals surface area contributed by atoms with Crippen LogP contribution in [0.3, 0.4) is 0 Å². The molecule has 0 N–H and O–H groups in total. The quantitative estimate of drug-likeness (QED) is 0.668. The van der Waals surface area contributed by atoms with Crippen molar-refractivity contribution in [1.82, 2.24) is 9.97 Å². The molecule has 1 aromatic rings. The van der Waals surface area contributed by atoms with Gasteiger partial charge in [0.05, 0.1) is 5.56 Å². The van der Waals surface area contributed by atoms with Crippen molar-refractivity contribution in [1.29, 1.82) is 0 Å². The average molecular weight is 193 g/mol. The van der Waals surface area contributed by atoms with E-state index in [1.807, 2.05) is 11.9 Å². The summed E-state index contributed by atoms with van der Waals surface area (Å²) in [6.07, 6.45) is 3.79. The van der Waals surface area contributed by atoms with Crippen molar-refractivity contribution in [3.63, 3.8) is 0 Å². The lowest BCUT2D eigenvalue weighted by molar-refractivity contribution is 0.112. The van der Waals surface area contributed by atoms with Crippen LogP contribution in [0.15, 0.2) is 12.4 Å². The van der Waals surface area contributed by atoms with E-state index < -0.39 is 0 Å². The standard InChI is InChI=1S/C10H15N3O/c1-10(2,3)13(4)9-11-5-8(7-14)6-12-9/h5-7H,1-4H3. The maximum absolute atomic E-state index is 10.4. The Labute approximate surface area is 84.0 Å². The molecule has 76 valence electrons. The number of carbonyl (C=O) groups is 1. The summed E-state index contributed by atoms with van der Waals surface area (Å²) in [5, 5.41) is 0. The zero-order chi connectivity index (χ0) is 10.8. The molecule has 1 heterocycles. The Morgan fingerprint density at radius 1 is 1.29 bits per heavy atom. The van der Waals surface area contributed by atoms with Crippen molar-refractivity contribution in [2.75, 3.05) is 11.9 Å². The fourth-order valence-electron chi connectivity index (χ4n) is 0.865. The zero-order valence-electron chi connectivity index (χ0n) is 8.98. The zero-order valence-corrected chi connectivity index (χ0v) is 8.98. The number of carbonyl (C=O) groups excluding carboxylic acids is 1. The Bertz CT molecular complexity index is 313. The fraction of sp³-hybridized carbons (Fsp3) is 0.500. The minimum Gasteiger partial charge on any atom is -0.339 e. The summed E-state index contributed by atoms with van der Waals surface area (Å²) in [5.74, 6) is 0.628. The first-order valence-electron chi connectivity index (χ1n) is 4.46. The molecule has 0 aliphatic rings. The van der Waals surface area contributed by atoms with Crippen molar-refractivity contribution in [2.45, 2.75) is 26.3 Å². The number of aldehydes is 1. The van der Waals surface area contributed by atoms with Gasteiger partial charge in [-0.05, 0) is 20.8 Å². The maximum atomic E-state index is 10.4. The second-order valence-corrected chi connectivity index (χ2v) is 4.16. The third-order valence-corrected chi connectivity index (χ3v) is 2.10. The molecular formula is C10H15N3O. The van der Waals surface area contributed by atoms with Gasteiger partial charge < -0.3 is 4.90 Å². The molecule has 0 aliphatic carbocycles. The molecule has 4 nitrogen and oxygen atoms in total. The molecule has 0 saturated heterocycles. The van der Waals surface area contributed by atoms with Gasteiger partial charge in [-0.1, -0.05) is 0 Å². The van der Waals surface area contributed by atoms with Gasteiger partial charge in [-0.2, -0.15) is 0 Å². The van der Waals surface area contributed by atoms with E-state index in [4.69, 9.17) is 0 Å². The normalized spacial score (nSPS) is 11.1. The second kappa shape index (κ2) is 3.74. The van der Waals surface area contributed by atoms with Gasteiger partial charge in [-0.25, -0.2) is 9.97 Å². The monoisotopic (exact) mass is 193 g/mol. The van der Waals surface area contributed by atoms with E-state index >= 15 is 0 Å². The van der Waals surface area contributed by atoms with Crippen LogP contribution in [-0.4, -0.2) is 28.8 Å². The molecule has 14 heavy (non-hydrogen) atoms. The van der Waals surface area contributed by atoms with Crippen LogP contribution >= 0.6 is 0 Å². The summed E-state index contributed by atoms with van der Waals surface area (Å²) in [5.41, 5.74) is 0.471. The van der Waals surface area contributed by atoms with Gasteiger partial charge in [0.25, 0.3) is 0 Å². The van der Waals surface area contributed by atoms with Crippen molar-refractivity contribution in [2.24, 2.45) is 0 Å². The molecule has 0 spiro atoms. The lowest BCUT2D eigenvalue weighted by Crippen LogP contribution is -2.39. The molecule has 0 unspecified atom stereocenters.